The maximum atomic E-state index is 13.7. The second kappa shape index (κ2) is 18.1. The van der Waals surface area contributed by atoms with Gasteiger partial charge in [0.05, 0.1) is 6.04 Å². The Hall–Kier alpha value is -5.15. The largest absolute Gasteiger partial charge is 0.508 e. The van der Waals surface area contributed by atoms with Crippen molar-refractivity contribution in [1.29, 1.82) is 0 Å². The minimum atomic E-state index is -1.28. The molecule has 47 heavy (non-hydrogen) atoms. The van der Waals surface area contributed by atoms with Gasteiger partial charge < -0.3 is 54.1 Å². The molecule has 0 aliphatic carbocycles. The Morgan fingerprint density at radius 2 is 1.47 bits per heavy atom. The van der Waals surface area contributed by atoms with Crippen LogP contribution in [0.5, 0.6) is 5.75 Å². The Balaban J connectivity index is 1.77. The molecule has 1 aromatic heterocycles. The first-order chi connectivity index (χ1) is 22.5. The molecule has 4 atom stereocenters. The van der Waals surface area contributed by atoms with Gasteiger partial charge in [-0.05, 0) is 68.0 Å². The number of benzene rings is 2. The molecule has 254 valence electrons. The Morgan fingerprint density at radius 1 is 0.809 bits per heavy atom. The second-order valence-electron chi connectivity index (χ2n) is 11.3. The number of carbonyl (C=O) groups is 4. The van der Waals surface area contributed by atoms with Crippen LogP contribution in [0.2, 0.25) is 0 Å². The van der Waals surface area contributed by atoms with Gasteiger partial charge in [0.15, 0.2) is 5.96 Å². The number of nitrogens with two attached hydrogens (primary N) is 4. The van der Waals surface area contributed by atoms with E-state index in [1.54, 1.807) is 18.3 Å². The van der Waals surface area contributed by atoms with Crippen LogP contribution in [-0.4, -0.2) is 82.1 Å². The molecule has 3 amide bonds. The number of aromatic nitrogens is 1. The van der Waals surface area contributed by atoms with E-state index in [2.05, 4.69) is 25.9 Å². The summed E-state index contributed by atoms with van der Waals surface area (Å²) >= 11 is 0. The number of amides is 3. The second-order valence-corrected chi connectivity index (χ2v) is 11.3. The smallest absolute Gasteiger partial charge is 0.326 e. The molecule has 14 N–H and O–H groups in total. The number of aliphatic imine (C=N–C) groups is 1. The molecule has 0 aliphatic heterocycles. The summed E-state index contributed by atoms with van der Waals surface area (Å²) in [6, 6.07) is 9.00. The molecule has 0 saturated carbocycles. The zero-order valence-corrected chi connectivity index (χ0v) is 26.2. The van der Waals surface area contributed by atoms with Crippen LogP contribution in [0, 0.1) is 0 Å². The van der Waals surface area contributed by atoms with Crippen molar-refractivity contribution >= 4 is 40.6 Å². The van der Waals surface area contributed by atoms with Crippen molar-refractivity contribution in [2.45, 2.75) is 69.1 Å². The van der Waals surface area contributed by atoms with Crippen molar-refractivity contribution in [3.8, 4) is 5.75 Å². The van der Waals surface area contributed by atoms with E-state index in [1.165, 1.54) is 12.1 Å². The fraction of sp³-hybridized carbons (Fsp3) is 0.406. The molecular weight excluding hydrogens is 606 g/mol. The molecule has 0 radical (unpaired) electrons. The highest BCUT2D eigenvalue weighted by Gasteiger charge is 2.31. The van der Waals surface area contributed by atoms with Crippen molar-refractivity contribution in [3.05, 3.63) is 65.9 Å². The lowest BCUT2D eigenvalue weighted by molar-refractivity contribution is -0.142. The lowest BCUT2D eigenvalue weighted by atomic mass is 10.0. The van der Waals surface area contributed by atoms with Crippen LogP contribution in [-0.2, 0) is 32.0 Å². The van der Waals surface area contributed by atoms with Crippen molar-refractivity contribution in [1.82, 2.24) is 20.9 Å². The van der Waals surface area contributed by atoms with Gasteiger partial charge in [-0.1, -0.05) is 30.3 Å². The first-order valence-corrected chi connectivity index (χ1v) is 15.5. The number of carboxylic acids is 1. The minimum absolute atomic E-state index is 0.00909. The standard InChI is InChI=1S/C32H45N9O6/c33-14-4-3-9-25(29(44)41-27(31(46)47)17-20-18-38-24-8-2-1-6-22(20)24)39-30(45)26(16-19-10-12-21(42)13-11-19)40-28(43)23(34)7-5-15-37-32(35)36/h1-2,6,8,10-13,18,23,25-27,38,42H,3-5,7,9,14-17,33-34H2,(H,39,45)(H,40,43)(H,41,44)(H,46,47)(H4,35,36,37). The van der Waals surface area contributed by atoms with E-state index in [0.29, 0.717) is 36.9 Å². The molecule has 0 saturated heterocycles. The number of aromatic hydroxyl groups is 1. The molecule has 0 spiro atoms. The lowest BCUT2D eigenvalue weighted by Crippen LogP contribution is -2.57. The molecule has 3 rings (SSSR count). The van der Waals surface area contributed by atoms with Crippen LogP contribution in [0.4, 0.5) is 0 Å². The third kappa shape index (κ3) is 11.6. The maximum Gasteiger partial charge on any atom is 0.326 e. The van der Waals surface area contributed by atoms with E-state index in [4.69, 9.17) is 22.9 Å². The quantitative estimate of drug-likeness (QED) is 0.0459. The summed E-state index contributed by atoms with van der Waals surface area (Å²) in [5.74, 6) is -3.24. The summed E-state index contributed by atoms with van der Waals surface area (Å²) in [7, 11) is 0. The number of rotatable bonds is 19. The third-order valence-electron chi connectivity index (χ3n) is 7.61. The summed E-state index contributed by atoms with van der Waals surface area (Å²) < 4.78 is 0. The van der Waals surface area contributed by atoms with Gasteiger partial charge in [-0.3, -0.25) is 19.4 Å². The van der Waals surface area contributed by atoms with Gasteiger partial charge in [0, 0.05) is 36.5 Å². The number of hydrogen-bond donors (Lipinski definition) is 10. The number of H-pyrrole nitrogens is 1. The van der Waals surface area contributed by atoms with Crippen molar-refractivity contribution in [2.75, 3.05) is 13.1 Å². The monoisotopic (exact) mass is 651 g/mol. The van der Waals surface area contributed by atoms with Gasteiger partial charge in [0.2, 0.25) is 17.7 Å². The van der Waals surface area contributed by atoms with E-state index in [0.717, 1.165) is 10.9 Å². The molecular formula is C32H45N9O6. The van der Waals surface area contributed by atoms with Gasteiger partial charge in [-0.2, -0.15) is 0 Å². The number of carboxylic acid groups (broad SMARTS) is 1. The van der Waals surface area contributed by atoms with Gasteiger partial charge in [-0.25, -0.2) is 4.79 Å². The fourth-order valence-corrected chi connectivity index (χ4v) is 5.03. The van der Waals surface area contributed by atoms with Crippen LogP contribution >= 0.6 is 0 Å². The highest BCUT2D eigenvalue weighted by Crippen LogP contribution is 2.19. The molecule has 4 unspecified atom stereocenters. The summed E-state index contributed by atoms with van der Waals surface area (Å²) in [4.78, 5) is 59.4. The number of guanidine groups is 1. The molecule has 15 heteroatoms. The average Bonchev–Trinajstić information content (AvgIpc) is 3.45. The number of nitrogens with one attached hydrogen (secondary N) is 4. The number of aromatic amines is 1. The van der Waals surface area contributed by atoms with Crippen molar-refractivity contribution in [3.63, 3.8) is 0 Å². The average molecular weight is 652 g/mol. The molecule has 0 bridgehead atoms. The van der Waals surface area contributed by atoms with E-state index in [-0.39, 0.29) is 43.9 Å². The van der Waals surface area contributed by atoms with E-state index in [1.807, 2.05) is 24.3 Å². The molecule has 3 aromatic rings. The first-order valence-electron chi connectivity index (χ1n) is 15.5. The Morgan fingerprint density at radius 3 is 2.15 bits per heavy atom. The molecule has 2 aromatic carbocycles. The Kier molecular flexibility index (Phi) is 14.0. The summed E-state index contributed by atoms with van der Waals surface area (Å²) in [6.45, 7) is 0.638. The number of hydrogen-bond acceptors (Lipinski definition) is 8. The summed E-state index contributed by atoms with van der Waals surface area (Å²) in [6.07, 6.45) is 3.63. The number of phenolic OH excluding ortho intramolecular Hbond substituents is 1. The molecule has 0 aliphatic rings. The predicted molar refractivity (Wildman–Crippen MR) is 178 cm³/mol. The SMILES string of the molecule is NCCCCC(NC(=O)C(Cc1ccc(O)cc1)NC(=O)C(N)CCCN=C(N)N)C(=O)NC(Cc1c[nH]c2ccccc12)C(=O)O. The topological polar surface area (TPSA) is 277 Å². The van der Waals surface area contributed by atoms with Gasteiger partial charge in [0.25, 0.3) is 0 Å². The number of fused-ring (bicyclic) bond motifs is 1. The van der Waals surface area contributed by atoms with Gasteiger partial charge >= 0.3 is 5.97 Å². The Bertz CT molecular complexity index is 1520. The number of phenols is 1. The summed E-state index contributed by atoms with van der Waals surface area (Å²) in [5.41, 5.74) is 24.6. The zero-order valence-electron chi connectivity index (χ0n) is 26.2. The van der Waals surface area contributed by atoms with E-state index >= 15 is 0 Å². The normalized spacial score (nSPS) is 13.6. The Labute approximate surface area is 272 Å². The highest BCUT2D eigenvalue weighted by atomic mass is 16.4. The van der Waals surface area contributed by atoms with Gasteiger partial charge in [-0.15, -0.1) is 0 Å². The van der Waals surface area contributed by atoms with Crippen LogP contribution in [0.15, 0.2) is 59.7 Å². The molecule has 1 heterocycles. The van der Waals surface area contributed by atoms with Crippen LogP contribution in [0.1, 0.15) is 43.2 Å². The highest BCUT2D eigenvalue weighted by molar-refractivity contribution is 5.94. The number of unbranched alkanes of at least 4 members (excludes halogenated alkanes) is 1. The lowest BCUT2D eigenvalue weighted by Gasteiger charge is -2.25. The van der Waals surface area contributed by atoms with Gasteiger partial charge in [0.1, 0.15) is 23.9 Å². The summed E-state index contributed by atoms with van der Waals surface area (Å²) in [5, 5.41) is 28.5. The number of para-hydroxylation sites is 1. The van der Waals surface area contributed by atoms with Crippen LogP contribution in [0.3, 0.4) is 0 Å². The van der Waals surface area contributed by atoms with E-state index in [9.17, 15) is 29.4 Å². The zero-order chi connectivity index (χ0) is 34.3. The molecule has 0 fully saturated rings. The first kappa shape index (κ1) is 36.3. The van der Waals surface area contributed by atoms with Crippen molar-refractivity contribution < 1.29 is 29.4 Å². The van der Waals surface area contributed by atoms with Crippen LogP contribution < -0.4 is 38.9 Å². The fourth-order valence-electron chi connectivity index (χ4n) is 5.03. The number of aliphatic carboxylic acids is 1. The number of nitrogens with zero attached hydrogens (tertiary/aromatic N) is 1. The number of carbonyl (C=O) groups excluding carboxylic acids is 3. The van der Waals surface area contributed by atoms with Crippen molar-refractivity contribution in [2.24, 2.45) is 27.9 Å². The minimum Gasteiger partial charge on any atom is -0.508 e. The predicted octanol–water partition coefficient (Wildman–Crippen LogP) is -0.292. The van der Waals surface area contributed by atoms with Crippen LogP contribution in [0.25, 0.3) is 10.9 Å². The van der Waals surface area contributed by atoms with E-state index < -0.39 is 47.9 Å². The maximum absolute atomic E-state index is 13.7. The molecule has 15 nitrogen and oxygen atoms in total. The third-order valence-corrected chi connectivity index (χ3v) is 7.61.